The lowest BCUT2D eigenvalue weighted by Crippen LogP contribution is -2.34. The van der Waals surface area contributed by atoms with Gasteiger partial charge < -0.3 is 57.0 Å². The molecule has 0 amide bonds. The molecule has 72 heavy (non-hydrogen) atoms. The number of carbonyl (C=O) groups excluding carboxylic acids is 8. The minimum Gasteiger partial charge on any atom is -0.743 e. The van der Waals surface area contributed by atoms with Crippen molar-refractivity contribution in [1.29, 1.82) is 0 Å². The molecule has 0 saturated heterocycles. The molecule has 0 rings (SSSR count). The molecule has 0 saturated carbocycles. The van der Waals surface area contributed by atoms with Gasteiger partial charge in [-0.05, 0) is 27.7 Å². The Morgan fingerprint density at radius 1 is 0.361 bits per heavy atom. The summed E-state index contributed by atoms with van der Waals surface area (Å²) in [6.07, 6.45) is 0. The number of aliphatic hydroxyl groups excluding tert-OH is 2. The largest absolute Gasteiger partial charge is 0.743 e. The van der Waals surface area contributed by atoms with Gasteiger partial charge in [0, 0.05) is 71.2 Å². The summed E-state index contributed by atoms with van der Waals surface area (Å²) >= 11 is 0. The van der Waals surface area contributed by atoms with Crippen molar-refractivity contribution in [2.24, 2.45) is 0 Å². The molecule has 0 radical (unpaired) electrons. The van der Waals surface area contributed by atoms with Crippen LogP contribution in [0.2, 0.25) is 0 Å². The van der Waals surface area contributed by atoms with E-state index in [0.717, 1.165) is 13.8 Å². The topological polar surface area (TPSA) is 443 Å². The number of aliphatic hydroxyl groups is 2. The van der Waals surface area contributed by atoms with Gasteiger partial charge in [-0.2, -0.15) is 35.1 Å². The van der Waals surface area contributed by atoms with Gasteiger partial charge in [0.25, 0.3) is 0 Å². The van der Waals surface area contributed by atoms with Crippen LogP contribution in [0.15, 0.2) is 0 Å². The molecular formula is C34H64F8O26S4. The molecule has 0 aliphatic rings. The third kappa shape index (κ3) is 82.0. The fraction of sp³-hybridized carbons (Fsp3) is 0.647. The molecule has 0 aliphatic heterocycles. The molecule has 0 aromatic heterocycles. The first-order valence-electron chi connectivity index (χ1n) is 16.8. The second-order valence-corrected chi connectivity index (χ2v) is 16.3. The van der Waals surface area contributed by atoms with E-state index in [-0.39, 0.29) is 41.3 Å². The van der Waals surface area contributed by atoms with Crippen LogP contribution in [-0.2, 0) is 97.8 Å². The van der Waals surface area contributed by atoms with Crippen LogP contribution in [0.5, 0.6) is 0 Å². The molecule has 38 heteroatoms. The zero-order valence-electron chi connectivity index (χ0n) is 42.2. The van der Waals surface area contributed by atoms with E-state index < -0.39 is 124 Å². The third-order valence-corrected chi connectivity index (χ3v) is 6.71. The number of rotatable bonds is 10. The molecule has 0 atom stereocenters. The van der Waals surface area contributed by atoms with Gasteiger partial charge in [-0.3, -0.25) is 28.8 Å². The first-order valence-corrected chi connectivity index (χ1v) is 22.4. The molecule has 0 unspecified atom stereocenters. The number of carbonyl (C=O) groups is 8. The van der Waals surface area contributed by atoms with Crippen LogP contribution >= 0.6 is 0 Å². The van der Waals surface area contributed by atoms with Crippen LogP contribution in [0.1, 0.15) is 96.9 Å². The maximum Gasteiger partial charge on any atom is 0.367 e. The van der Waals surface area contributed by atoms with Gasteiger partial charge in [0.05, 0.1) is 0 Å². The van der Waals surface area contributed by atoms with E-state index in [1.807, 2.05) is 27.7 Å². The van der Waals surface area contributed by atoms with E-state index >= 15 is 0 Å². The summed E-state index contributed by atoms with van der Waals surface area (Å²) < 4.78 is 225. The highest BCUT2D eigenvalue weighted by Crippen LogP contribution is 2.21. The zero-order valence-corrected chi connectivity index (χ0v) is 45.4. The van der Waals surface area contributed by atoms with E-state index in [1.165, 1.54) is 55.4 Å². The number of hydrogen-bond donors (Lipinski definition) is 2. The number of alkyl halides is 8. The van der Waals surface area contributed by atoms with Gasteiger partial charge in [0.1, 0.15) is 24.8 Å². The van der Waals surface area contributed by atoms with Crippen LogP contribution in [0.3, 0.4) is 0 Å². The number of ketones is 2. The quantitative estimate of drug-likeness (QED) is 0.0793. The third-order valence-electron chi connectivity index (χ3n) is 3.29. The summed E-state index contributed by atoms with van der Waals surface area (Å²) in [5.41, 5.74) is 0. The van der Waals surface area contributed by atoms with E-state index in [4.69, 9.17) is 10.2 Å². The van der Waals surface area contributed by atoms with Crippen molar-refractivity contribution < 1.29 is 155 Å². The van der Waals surface area contributed by atoms with Crippen molar-refractivity contribution in [1.82, 2.24) is 0 Å². The number of ether oxygens (including phenoxy) is 4. The van der Waals surface area contributed by atoms with Gasteiger partial charge in [-0.25, -0.2) is 33.7 Å². The second-order valence-electron chi connectivity index (χ2n) is 10.2. The Kier molecular flexibility index (Phi) is 71.6. The maximum atomic E-state index is 12.1. The lowest BCUT2D eigenvalue weighted by Gasteiger charge is -2.18. The van der Waals surface area contributed by atoms with E-state index in [2.05, 4.69) is 18.9 Å². The highest BCUT2D eigenvalue weighted by molar-refractivity contribution is 7.87. The lowest BCUT2D eigenvalue weighted by atomic mass is 10.6. The van der Waals surface area contributed by atoms with Crippen molar-refractivity contribution in [3.63, 3.8) is 0 Å². The fourth-order valence-electron chi connectivity index (χ4n) is 1.08. The van der Waals surface area contributed by atoms with Crippen molar-refractivity contribution in [2.45, 2.75) is 118 Å². The molecule has 26 nitrogen and oxygen atoms in total. The standard InChI is InChI=1S/2C4H6F2O5S.2C4H6O3.2C3H6O.2C2H4F2O4S.2C2H6.4CH3/c2*1-3(7)11-2-4(5,6)12(8,9)10;2*1-3(5)7-4(2)6;2*1-3(2)4;2*3-2(4,1-5)9(6,7)8;2*1-2;;;;/h2*2H2,1H3,(H,8,9,10);2*1-2H3;2*1-2H3;2*5H,1H2,(H,6,7,8);2*1-2H3;4*1H3/q;;;;;;;;;;4*+1/p-4. The molecule has 0 fully saturated rings. The average molecular weight is 1170 g/mol. The van der Waals surface area contributed by atoms with E-state index in [9.17, 15) is 125 Å². The molecule has 436 valence electrons. The summed E-state index contributed by atoms with van der Waals surface area (Å²) in [6.45, 7) is 13.0. The van der Waals surface area contributed by atoms with Crippen molar-refractivity contribution in [3.05, 3.63) is 29.7 Å². The molecule has 2 N–H and O–H groups in total. The van der Waals surface area contributed by atoms with Gasteiger partial charge in [-0.1, -0.05) is 27.7 Å². The Hall–Kier alpha value is -4.96. The molecule has 0 bridgehead atoms. The fourth-order valence-corrected chi connectivity index (χ4v) is 1.80. The SMILES string of the molecule is CC.CC.CC(=O)OC(C)=O.CC(=O)OC(C)=O.CC(=O)OCC(F)(F)S(=O)(=O)[O-].CC(=O)OCC(F)(F)S(=O)(=O)[O-].CC(C)=O.CC(C)=O.O=S(=O)([O-])C(F)(F)CO.O=S(=O)([O-])C(F)(F)CO.[CH3+].[CH3+].[CH3+].[CH3+]. The predicted octanol–water partition coefficient (Wildman–Crippen LogP) is 2.84. The Bertz CT molecular complexity index is 1790. The monoisotopic (exact) mass is 1170 g/mol. The minimum atomic E-state index is -5.76. The van der Waals surface area contributed by atoms with Crippen molar-refractivity contribution in [2.75, 3.05) is 26.4 Å². The normalized spacial score (nSPS) is 10.1. The Morgan fingerprint density at radius 3 is 0.528 bits per heavy atom. The Labute approximate surface area is 415 Å². The maximum absolute atomic E-state index is 12.1. The highest BCUT2D eigenvalue weighted by Gasteiger charge is 2.40. The summed E-state index contributed by atoms with van der Waals surface area (Å²) in [6, 6.07) is 0. The number of Topliss-reactive ketones (excluding diaryl/α,β-unsaturated/α-hetero) is 2. The van der Waals surface area contributed by atoms with Crippen LogP contribution in [-0.4, -0.2) is 157 Å². The number of halogens is 8. The molecule has 0 aromatic carbocycles. The summed E-state index contributed by atoms with van der Waals surface area (Å²) in [4.78, 5) is 78.1. The highest BCUT2D eigenvalue weighted by atomic mass is 32.2. The Morgan fingerprint density at radius 2 is 0.486 bits per heavy atom. The van der Waals surface area contributed by atoms with Gasteiger partial charge in [0.2, 0.25) is 0 Å². The molecule has 0 aliphatic carbocycles. The molecular weight excluding hydrogens is 1100 g/mol. The molecule has 0 heterocycles. The smallest absolute Gasteiger partial charge is 0.367 e. The van der Waals surface area contributed by atoms with E-state index in [0.29, 0.717) is 0 Å². The van der Waals surface area contributed by atoms with E-state index in [1.54, 1.807) is 0 Å². The number of hydrogen-bond acceptors (Lipinski definition) is 26. The van der Waals surface area contributed by atoms with Crippen molar-refractivity contribution >= 4 is 87.9 Å². The van der Waals surface area contributed by atoms with Gasteiger partial charge in [-0.15, -0.1) is 0 Å². The Balaban J connectivity index is -0.0000000446. The lowest BCUT2D eigenvalue weighted by molar-refractivity contribution is -0.158. The number of esters is 6. The summed E-state index contributed by atoms with van der Waals surface area (Å²) in [7, 11) is -22.9. The predicted molar refractivity (Wildman–Crippen MR) is 232 cm³/mol. The second kappa shape index (κ2) is 49.6. The van der Waals surface area contributed by atoms with Gasteiger partial charge >= 0.3 is 56.8 Å². The van der Waals surface area contributed by atoms with Crippen LogP contribution in [0.25, 0.3) is 0 Å². The minimum absolute atomic E-state index is 0. The summed E-state index contributed by atoms with van der Waals surface area (Å²) in [5, 5.41) is -3.01. The van der Waals surface area contributed by atoms with Crippen LogP contribution in [0.4, 0.5) is 35.1 Å². The van der Waals surface area contributed by atoms with Gasteiger partial charge in [0.15, 0.2) is 53.7 Å². The average Bonchev–Trinajstić information content (AvgIpc) is 3.09. The summed E-state index contributed by atoms with van der Waals surface area (Å²) in [5.74, 6) is -4.09. The van der Waals surface area contributed by atoms with Crippen LogP contribution in [0, 0.1) is 29.7 Å². The first kappa shape index (κ1) is 104. The molecule has 0 aromatic rings. The van der Waals surface area contributed by atoms with Crippen molar-refractivity contribution in [3.8, 4) is 0 Å². The molecule has 0 spiro atoms. The zero-order chi connectivity index (χ0) is 58.3. The first-order chi connectivity index (χ1) is 29.7. The van der Waals surface area contributed by atoms with Crippen LogP contribution < -0.4 is 0 Å².